The number of aliphatic hydroxyl groups is 1. The quantitative estimate of drug-likeness (QED) is 0.754. The smallest absolute Gasteiger partial charge is 0.306 e. The van der Waals surface area contributed by atoms with Gasteiger partial charge in [-0.3, -0.25) is 4.79 Å². The van der Waals surface area contributed by atoms with E-state index in [1.165, 1.54) is 7.11 Å². The molecule has 0 fully saturated rings. The van der Waals surface area contributed by atoms with E-state index < -0.39 is 5.41 Å². The molecule has 0 aliphatic carbocycles. The van der Waals surface area contributed by atoms with Crippen LogP contribution in [-0.4, -0.2) is 29.9 Å². The lowest BCUT2D eigenvalue weighted by atomic mass is 9.80. The highest BCUT2D eigenvalue weighted by Crippen LogP contribution is 2.29. The van der Waals surface area contributed by atoms with Gasteiger partial charge in [0.15, 0.2) is 0 Å². The van der Waals surface area contributed by atoms with Crippen molar-refractivity contribution in [1.82, 2.24) is 0 Å². The van der Waals surface area contributed by atoms with Gasteiger partial charge in [-0.1, -0.05) is 19.1 Å². The highest BCUT2D eigenvalue weighted by molar-refractivity contribution is 5.71. The van der Waals surface area contributed by atoms with Gasteiger partial charge in [-0.05, 0) is 17.7 Å². The van der Waals surface area contributed by atoms with Crippen molar-refractivity contribution in [3.05, 3.63) is 29.8 Å². The predicted molar refractivity (Wildman–Crippen MR) is 59.2 cm³/mol. The Bertz CT molecular complexity index is 375. The third-order valence-corrected chi connectivity index (χ3v) is 2.65. The Labute approximate surface area is 94.5 Å². The zero-order valence-electron chi connectivity index (χ0n) is 9.43. The Balaban J connectivity index is 2.99. The standard InChI is InChI=1S/C12H16O4/c1-12(8-13,7-11(15)16-2)9-4-3-5-10(14)6-9/h3-6,13-14H,7-8H2,1-2H3. The van der Waals surface area contributed by atoms with Gasteiger partial charge < -0.3 is 14.9 Å². The van der Waals surface area contributed by atoms with E-state index in [0.29, 0.717) is 5.56 Å². The van der Waals surface area contributed by atoms with Gasteiger partial charge in [0, 0.05) is 5.41 Å². The molecule has 0 aromatic heterocycles. The number of benzene rings is 1. The molecule has 1 rings (SSSR count). The monoisotopic (exact) mass is 224 g/mol. The van der Waals surface area contributed by atoms with Gasteiger partial charge in [0.05, 0.1) is 20.1 Å². The van der Waals surface area contributed by atoms with Gasteiger partial charge in [0.2, 0.25) is 0 Å². The van der Waals surface area contributed by atoms with Gasteiger partial charge >= 0.3 is 5.97 Å². The molecule has 0 saturated heterocycles. The third-order valence-electron chi connectivity index (χ3n) is 2.65. The van der Waals surface area contributed by atoms with Crippen molar-refractivity contribution in [2.75, 3.05) is 13.7 Å². The second-order valence-electron chi connectivity index (χ2n) is 4.02. The van der Waals surface area contributed by atoms with Crippen LogP contribution >= 0.6 is 0 Å². The topological polar surface area (TPSA) is 66.8 Å². The molecule has 16 heavy (non-hydrogen) atoms. The zero-order valence-corrected chi connectivity index (χ0v) is 9.43. The van der Waals surface area contributed by atoms with Gasteiger partial charge in [0.1, 0.15) is 5.75 Å². The molecule has 0 bridgehead atoms. The van der Waals surface area contributed by atoms with Gasteiger partial charge in [-0.2, -0.15) is 0 Å². The highest BCUT2D eigenvalue weighted by atomic mass is 16.5. The van der Waals surface area contributed by atoms with Crippen LogP contribution in [0.4, 0.5) is 0 Å². The molecule has 0 aliphatic heterocycles. The summed E-state index contributed by atoms with van der Waals surface area (Å²) in [5.41, 5.74) is -0.0216. The Morgan fingerprint density at radius 2 is 2.19 bits per heavy atom. The number of aliphatic hydroxyl groups excluding tert-OH is 1. The van der Waals surface area contributed by atoms with Crippen LogP contribution in [0.3, 0.4) is 0 Å². The highest BCUT2D eigenvalue weighted by Gasteiger charge is 2.29. The number of carbonyl (C=O) groups is 1. The van der Waals surface area contributed by atoms with E-state index >= 15 is 0 Å². The first kappa shape index (κ1) is 12.5. The lowest BCUT2D eigenvalue weighted by molar-refractivity contribution is -0.142. The molecule has 0 radical (unpaired) electrons. The van der Waals surface area contributed by atoms with Crippen LogP contribution in [0, 0.1) is 0 Å². The fourth-order valence-electron chi connectivity index (χ4n) is 1.52. The number of hydrogen-bond donors (Lipinski definition) is 2. The maximum atomic E-state index is 11.2. The van der Waals surface area contributed by atoms with Crippen molar-refractivity contribution in [2.24, 2.45) is 0 Å². The van der Waals surface area contributed by atoms with E-state index in [4.69, 9.17) is 0 Å². The maximum Gasteiger partial charge on any atom is 0.306 e. The molecule has 0 aliphatic rings. The van der Waals surface area contributed by atoms with E-state index in [-0.39, 0.29) is 24.7 Å². The zero-order chi connectivity index (χ0) is 12.2. The molecular formula is C12H16O4. The molecule has 4 heteroatoms. The maximum absolute atomic E-state index is 11.2. The first-order valence-electron chi connectivity index (χ1n) is 4.99. The van der Waals surface area contributed by atoms with Crippen molar-refractivity contribution in [1.29, 1.82) is 0 Å². The lowest BCUT2D eigenvalue weighted by Crippen LogP contribution is -2.30. The molecule has 1 aromatic carbocycles. The molecule has 2 N–H and O–H groups in total. The third kappa shape index (κ3) is 2.73. The molecule has 1 aromatic rings. The largest absolute Gasteiger partial charge is 0.508 e. The molecule has 1 unspecified atom stereocenters. The average Bonchev–Trinajstić information content (AvgIpc) is 2.28. The Morgan fingerprint density at radius 3 is 2.69 bits per heavy atom. The summed E-state index contributed by atoms with van der Waals surface area (Å²) in [6.07, 6.45) is 0.0729. The number of esters is 1. The minimum Gasteiger partial charge on any atom is -0.508 e. The lowest BCUT2D eigenvalue weighted by Gasteiger charge is -2.26. The van der Waals surface area contributed by atoms with Crippen LogP contribution in [0.1, 0.15) is 18.9 Å². The first-order valence-corrected chi connectivity index (χ1v) is 4.99. The fraction of sp³-hybridized carbons (Fsp3) is 0.417. The van der Waals surface area contributed by atoms with Crippen LogP contribution in [0.15, 0.2) is 24.3 Å². The number of methoxy groups -OCH3 is 1. The van der Waals surface area contributed by atoms with Crippen molar-refractivity contribution in [3.63, 3.8) is 0 Å². The van der Waals surface area contributed by atoms with Crippen LogP contribution in [-0.2, 0) is 14.9 Å². The second-order valence-corrected chi connectivity index (χ2v) is 4.02. The normalized spacial score (nSPS) is 14.2. The molecule has 0 heterocycles. The molecule has 0 saturated carbocycles. The number of carbonyl (C=O) groups excluding carboxylic acids is 1. The predicted octanol–water partition coefficient (Wildman–Crippen LogP) is 1.21. The van der Waals surface area contributed by atoms with Crippen LogP contribution < -0.4 is 0 Å². The summed E-state index contributed by atoms with van der Waals surface area (Å²) in [6.45, 7) is 1.56. The molecule has 4 nitrogen and oxygen atoms in total. The minimum atomic E-state index is -0.730. The van der Waals surface area contributed by atoms with Crippen molar-refractivity contribution in [2.45, 2.75) is 18.8 Å². The summed E-state index contributed by atoms with van der Waals surface area (Å²) in [7, 11) is 1.31. The number of hydrogen-bond acceptors (Lipinski definition) is 4. The van der Waals surface area contributed by atoms with Crippen molar-refractivity contribution in [3.8, 4) is 5.75 Å². The summed E-state index contributed by atoms with van der Waals surface area (Å²) < 4.78 is 4.59. The fourth-order valence-corrected chi connectivity index (χ4v) is 1.52. The van der Waals surface area contributed by atoms with Gasteiger partial charge in [0.25, 0.3) is 0 Å². The van der Waals surface area contributed by atoms with Crippen molar-refractivity contribution < 1.29 is 19.7 Å². The summed E-state index contributed by atoms with van der Waals surface area (Å²) in [4.78, 5) is 11.2. The van der Waals surface area contributed by atoms with Crippen molar-refractivity contribution >= 4 is 5.97 Å². The molecule has 0 spiro atoms. The van der Waals surface area contributed by atoms with Gasteiger partial charge in [-0.25, -0.2) is 0 Å². The Kier molecular flexibility index (Phi) is 3.90. The van der Waals surface area contributed by atoms with E-state index in [1.54, 1.807) is 31.2 Å². The summed E-state index contributed by atoms with van der Waals surface area (Å²) in [6, 6.07) is 6.52. The average molecular weight is 224 g/mol. The number of rotatable bonds is 4. The van der Waals surface area contributed by atoms with Gasteiger partial charge in [-0.15, -0.1) is 0 Å². The Morgan fingerprint density at radius 1 is 1.50 bits per heavy atom. The molecule has 1 atom stereocenters. The molecule has 0 amide bonds. The molecular weight excluding hydrogens is 208 g/mol. The van der Waals surface area contributed by atoms with Crippen LogP contribution in [0.5, 0.6) is 5.75 Å². The summed E-state index contributed by atoms with van der Waals surface area (Å²) in [5.74, 6) is -0.276. The SMILES string of the molecule is COC(=O)CC(C)(CO)c1cccc(O)c1. The second kappa shape index (κ2) is 4.99. The Hall–Kier alpha value is -1.55. The minimum absolute atomic E-state index is 0.0729. The summed E-state index contributed by atoms with van der Waals surface area (Å²) in [5, 5.41) is 18.8. The first-order chi connectivity index (χ1) is 7.51. The number of aromatic hydroxyl groups is 1. The van der Waals surface area contributed by atoms with E-state index in [9.17, 15) is 15.0 Å². The van der Waals surface area contributed by atoms with E-state index in [1.807, 2.05) is 0 Å². The van der Waals surface area contributed by atoms with E-state index in [2.05, 4.69) is 4.74 Å². The molecule has 88 valence electrons. The summed E-state index contributed by atoms with van der Waals surface area (Å²) >= 11 is 0. The number of ether oxygens (including phenoxy) is 1. The number of phenols is 1. The van der Waals surface area contributed by atoms with Crippen LogP contribution in [0.25, 0.3) is 0 Å². The number of phenolic OH excluding ortho intramolecular Hbond substituents is 1. The van der Waals surface area contributed by atoms with E-state index in [0.717, 1.165) is 0 Å². The van der Waals surface area contributed by atoms with Crippen LogP contribution in [0.2, 0.25) is 0 Å².